The number of para-hydroxylation sites is 1. The Kier molecular flexibility index (Phi) is 7.05. The average molecular weight is 552 g/mol. The van der Waals surface area contributed by atoms with Gasteiger partial charge in [0, 0.05) is 23.7 Å². The summed E-state index contributed by atoms with van der Waals surface area (Å²) in [7, 11) is 0. The number of rotatable bonds is 5. The molecule has 2 heterocycles. The Morgan fingerprint density at radius 1 is 1.00 bits per heavy atom. The molecule has 1 aliphatic rings. The van der Waals surface area contributed by atoms with E-state index < -0.39 is 41.5 Å². The topological polar surface area (TPSA) is 79.3 Å². The Labute approximate surface area is 227 Å². The fraction of sp³-hybridized carbons (Fsp3) is 0.207. The van der Waals surface area contributed by atoms with E-state index in [0.717, 1.165) is 17.8 Å². The highest BCUT2D eigenvalue weighted by Gasteiger charge is 2.45. The van der Waals surface area contributed by atoms with E-state index in [2.05, 4.69) is 10.6 Å². The quantitative estimate of drug-likeness (QED) is 0.298. The Balaban J connectivity index is 1.57. The maximum Gasteiger partial charge on any atom is 0.416 e. The minimum absolute atomic E-state index is 0.0879. The summed E-state index contributed by atoms with van der Waals surface area (Å²) >= 11 is 0. The molecule has 1 aromatic heterocycles. The van der Waals surface area contributed by atoms with Crippen molar-refractivity contribution in [1.82, 2.24) is 15.1 Å². The van der Waals surface area contributed by atoms with Crippen molar-refractivity contribution in [1.29, 1.82) is 0 Å². The first-order valence-corrected chi connectivity index (χ1v) is 12.5. The Bertz CT molecular complexity index is 1550. The highest BCUT2D eigenvalue weighted by molar-refractivity contribution is 6.04. The van der Waals surface area contributed by atoms with Crippen LogP contribution in [0.3, 0.4) is 0 Å². The minimum Gasteiger partial charge on any atom is -0.325 e. The number of hydrogen-bond donors (Lipinski definition) is 2. The maximum absolute atomic E-state index is 14.0. The van der Waals surface area contributed by atoms with Crippen molar-refractivity contribution in [3.05, 3.63) is 107 Å². The van der Waals surface area contributed by atoms with Crippen LogP contribution in [0.5, 0.6) is 0 Å². The number of urea groups is 1. The van der Waals surface area contributed by atoms with Crippen molar-refractivity contribution in [3.63, 3.8) is 0 Å². The molecule has 2 atom stereocenters. The summed E-state index contributed by atoms with van der Waals surface area (Å²) in [5.41, 5.74) is 1.55. The van der Waals surface area contributed by atoms with Gasteiger partial charge in [-0.2, -0.15) is 18.3 Å². The molecule has 0 aliphatic carbocycles. The number of hydrogen-bond acceptors (Lipinski definition) is 3. The second-order valence-electron chi connectivity index (χ2n) is 9.34. The molecule has 2 unspecified atom stereocenters. The molecule has 0 bridgehead atoms. The van der Waals surface area contributed by atoms with Crippen LogP contribution >= 0.6 is 0 Å². The van der Waals surface area contributed by atoms with Crippen LogP contribution in [0.15, 0.2) is 78.9 Å². The van der Waals surface area contributed by atoms with Gasteiger partial charge in [-0.15, -0.1) is 0 Å². The lowest BCUT2D eigenvalue weighted by Crippen LogP contribution is -2.56. The fourth-order valence-electron chi connectivity index (χ4n) is 5.04. The molecule has 3 aromatic carbocycles. The van der Waals surface area contributed by atoms with E-state index in [9.17, 15) is 27.2 Å². The number of fused-ring (bicyclic) bond motifs is 1. The molecular weight excluding hydrogens is 526 g/mol. The number of alkyl halides is 3. The molecule has 0 fully saturated rings. The number of benzene rings is 3. The van der Waals surface area contributed by atoms with Gasteiger partial charge in [-0.1, -0.05) is 36.4 Å². The maximum atomic E-state index is 14.0. The highest BCUT2D eigenvalue weighted by atomic mass is 19.4. The highest BCUT2D eigenvalue weighted by Crippen LogP contribution is 2.43. The summed E-state index contributed by atoms with van der Waals surface area (Å²) in [4.78, 5) is 28.5. The third-order valence-corrected chi connectivity index (χ3v) is 6.79. The number of aromatic nitrogens is 2. The van der Waals surface area contributed by atoms with Gasteiger partial charge >= 0.3 is 12.2 Å². The first-order valence-electron chi connectivity index (χ1n) is 12.5. The Hall–Kier alpha value is -4.67. The lowest BCUT2D eigenvalue weighted by atomic mass is 9.81. The normalized spacial score (nSPS) is 16.9. The molecule has 40 heavy (non-hydrogen) atoms. The van der Waals surface area contributed by atoms with Gasteiger partial charge in [-0.25, -0.2) is 13.9 Å². The summed E-state index contributed by atoms with van der Waals surface area (Å²) in [6, 6.07) is 17.1. The monoisotopic (exact) mass is 551 g/mol. The molecule has 0 saturated heterocycles. The van der Waals surface area contributed by atoms with E-state index in [1.807, 2.05) is 30.3 Å². The minimum atomic E-state index is -4.59. The van der Waals surface area contributed by atoms with Crippen LogP contribution in [0, 0.1) is 12.7 Å². The Morgan fingerprint density at radius 2 is 1.70 bits per heavy atom. The van der Waals surface area contributed by atoms with Crippen LogP contribution in [0.2, 0.25) is 0 Å². The van der Waals surface area contributed by atoms with E-state index in [4.69, 9.17) is 5.10 Å². The van der Waals surface area contributed by atoms with Crippen LogP contribution in [0.4, 0.5) is 33.9 Å². The SMILES string of the molecule is CCN1C(=O)C(NC(=O)Nc2cccc(C(F)(F)F)c2)C(c2ccc(F)cc2)c2c(C)nn(-c3ccccc3)c21. The lowest BCUT2D eigenvalue weighted by molar-refractivity contribution is -0.137. The van der Waals surface area contributed by atoms with Crippen LogP contribution in [-0.4, -0.2) is 34.3 Å². The van der Waals surface area contributed by atoms with Crippen LogP contribution < -0.4 is 15.5 Å². The van der Waals surface area contributed by atoms with Crippen molar-refractivity contribution in [2.45, 2.75) is 32.0 Å². The Morgan fingerprint density at radius 3 is 2.35 bits per heavy atom. The lowest BCUT2D eigenvalue weighted by Gasteiger charge is -2.38. The zero-order chi connectivity index (χ0) is 28.6. The van der Waals surface area contributed by atoms with Crippen molar-refractivity contribution in [3.8, 4) is 5.69 Å². The molecule has 1 aliphatic heterocycles. The number of aryl methyl sites for hydroxylation is 1. The van der Waals surface area contributed by atoms with Gasteiger partial charge in [0.25, 0.3) is 5.91 Å². The molecule has 11 heteroatoms. The molecule has 3 amide bonds. The number of nitrogens with zero attached hydrogens (tertiary/aromatic N) is 3. The van der Waals surface area contributed by atoms with Gasteiger partial charge in [0.15, 0.2) is 0 Å². The molecule has 7 nitrogen and oxygen atoms in total. The first kappa shape index (κ1) is 26.9. The summed E-state index contributed by atoms with van der Waals surface area (Å²) in [6.07, 6.45) is -4.59. The average Bonchev–Trinajstić information content (AvgIpc) is 3.26. The second-order valence-corrected chi connectivity index (χ2v) is 9.34. The van der Waals surface area contributed by atoms with E-state index in [0.29, 0.717) is 22.6 Å². The number of carbonyl (C=O) groups is 2. The molecule has 4 aromatic rings. The predicted octanol–water partition coefficient (Wildman–Crippen LogP) is 6.03. The summed E-state index contributed by atoms with van der Waals surface area (Å²) in [5, 5.41) is 9.79. The molecule has 0 spiro atoms. The molecule has 0 saturated carbocycles. The predicted molar refractivity (Wildman–Crippen MR) is 142 cm³/mol. The third kappa shape index (κ3) is 5.02. The third-order valence-electron chi connectivity index (χ3n) is 6.79. The van der Waals surface area contributed by atoms with E-state index in [1.165, 1.54) is 41.3 Å². The van der Waals surface area contributed by atoms with E-state index in [1.54, 1.807) is 18.5 Å². The zero-order valence-corrected chi connectivity index (χ0v) is 21.5. The van der Waals surface area contributed by atoms with Crippen LogP contribution in [-0.2, 0) is 11.0 Å². The van der Waals surface area contributed by atoms with Crippen molar-refractivity contribution >= 4 is 23.4 Å². The number of carbonyl (C=O) groups excluding carboxylic acids is 2. The van der Waals surface area contributed by atoms with Gasteiger partial charge in [0.1, 0.15) is 17.7 Å². The van der Waals surface area contributed by atoms with Gasteiger partial charge in [-0.3, -0.25) is 9.69 Å². The largest absolute Gasteiger partial charge is 0.416 e. The smallest absolute Gasteiger partial charge is 0.325 e. The number of nitrogens with one attached hydrogen (secondary N) is 2. The molecular formula is C29H25F4N5O2. The zero-order valence-electron chi connectivity index (χ0n) is 21.5. The number of anilines is 2. The fourth-order valence-corrected chi connectivity index (χ4v) is 5.04. The molecule has 5 rings (SSSR count). The number of amides is 3. The van der Waals surface area contributed by atoms with Gasteiger partial charge < -0.3 is 10.6 Å². The number of likely N-dealkylation sites (N-methyl/N-ethyl adjacent to an activating group) is 1. The van der Waals surface area contributed by atoms with Gasteiger partial charge in [-0.05, 0) is 61.9 Å². The summed E-state index contributed by atoms with van der Waals surface area (Å²) < 4.78 is 55.0. The van der Waals surface area contributed by atoms with Gasteiger partial charge in [0.05, 0.1) is 16.9 Å². The summed E-state index contributed by atoms with van der Waals surface area (Å²) in [6.45, 7) is 3.84. The van der Waals surface area contributed by atoms with Crippen LogP contribution in [0.25, 0.3) is 5.69 Å². The molecule has 2 N–H and O–H groups in total. The molecule has 0 radical (unpaired) electrons. The van der Waals surface area contributed by atoms with E-state index >= 15 is 0 Å². The molecule has 206 valence electrons. The number of halogens is 4. The summed E-state index contributed by atoms with van der Waals surface area (Å²) in [5.74, 6) is -1.14. The van der Waals surface area contributed by atoms with Crippen molar-refractivity contribution in [2.24, 2.45) is 0 Å². The van der Waals surface area contributed by atoms with Crippen molar-refractivity contribution in [2.75, 3.05) is 16.8 Å². The van der Waals surface area contributed by atoms with Gasteiger partial charge in [0.2, 0.25) is 0 Å². The second kappa shape index (κ2) is 10.5. The van der Waals surface area contributed by atoms with E-state index in [-0.39, 0.29) is 12.2 Å². The van der Waals surface area contributed by atoms with Crippen molar-refractivity contribution < 1.29 is 27.2 Å². The first-order chi connectivity index (χ1) is 19.1. The van der Waals surface area contributed by atoms with Crippen LogP contribution in [0.1, 0.15) is 35.2 Å². The standard InChI is InChI=1S/C29H25F4N5O2/c1-3-37-26-23(17(2)36-38(26)22-10-5-4-6-11-22)24(18-12-14-20(30)15-13-18)25(27(37)39)35-28(40)34-21-9-7-8-19(16-21)29(31,32)33/h4-16,24-25H,3H2,1-2H3,(H2,34,35,40).